The van der Waals surface area contributed by atoms with Gasteiger partial charge in [-0.25, -0.2) is 4.79 Å². The number of unbranched alkanes of at least 4 members (excludes halogenated alkanes) is 2. The summed E-state index contributed by atoms with van der Waals surface area (Å²) in [5.74, 6) is 1.94. The first-order chi connectivity index (χ1) is 16.7. The zero-order valence-electron chi connectivity index (χ0n) is 19.7. The van der Waals surface area contributed by atoms with E-state index in [1.165, 1.54) is 12.8 Å². The van der Waals surface area contributed by atoms with Crippen LogP contribution < -0.4 is 14.2 Å². The second-order valence-corrected chi connectivity index (χ2v) is 7.78. The summed E-state index contributed by atoms with van der Waals surface area (Å²) in [6, 6.07) is 23.7. The summed E-state index contributed by atoms with van der Waals surface area (Å²) in [6.45, 7) is 6.76. The highest BCUT2D eigenvalue weighted by Crippen LogP contribution is 2.25. The molecule has 178 valence electrons. The Hall–Kier alpha value is -3.73. The number of ether oxygens (including phenoxy) is 4. The number of carbonyl (C=O) groups excluding carboxylic acids is 1. The summed E-state index contributed by atoms with van der Waals surface area (Å²) < 4.78 is 22.1. The van der Waals surface area contributed by atoms with E-state index in [2.05, 4.69) is 25.6 Å². The van der Waals surface area contributed by atoms with Crippen molar-refractivity contribution in [2.24, 2.45) is 0 Å². The first-order valence-electron chi connectivity index (χ1n) is 11.6. The van der Waals surface area contributed by atoms with Crippen molar-refractivity contribution in [3.05, 3.63) is 91.0 Å². The highest BCUT2D eigenvalue weighted by atomic mass is 16.7. The van der Waals surface area contributed by atoms with Gasteiger partial charge in [0.15, 0.2) is 0 Å². The van der Waals surface area contributed by atoms with Gasteiger partial charge in [0.25, 0.3) is 0 Å². The van der Waals surface area contributed by atoms with Crippen LogP contribution in [0.4, 0.5) is 0 Å². The van der Waals surface area contributed by atoms with Gasteiger partial charge < -0.3 is 18.9 Å². The molecule has 34 heavy (non-hydrogen) atoms. The van der Waals surface area contributed by atoms with Gasteiger partial charge in [-0.1, -0.05) is 62.7 Å². The van der Waals surface area contributed by atoms with Crippen LogP contribution in [0.3, 0.4) is 0 Å². The zero-order valence-corrected chi connectivity index (χ0v) is 19.7. The Morgan fingerprint density at radius 1 is 0.735 bits per heavy atom. The summed E-state index contributed by atoms with van der Waals surface area (Å²) >= 11 is 0. The molecule has 0 atom stereocenters. The molecule has 0 spiro atoms. The molecule has 0 aliphatic heterocycles. The summed E-state index contributed by atoms with van der Waals surface area (Å²) in [4.78, 5) is 11.1. The first kappa shape index (κ1) is 24.9. The molecule has 0 amide bonds. The fourth-order valence-corrected chi connectivity index (χ4v) is 3.28. The predicted molar refractivity (Wildman–Crippen MR) is 134 cm³/mol. The second kappa shape index (κ2) is 13.7. The highest BCUT2D eigenvalue weighted by molar-refractivity contribution is 5.81. The van der Waals surface area contributed by atoms with Gasteiger partial charge in [0.05, 0.1) is 13.2 Å². The van der Waals surface area contributed by atoms with Crippen molar-refractivity contribution in [1.82, 2.24) is 0 Å². The third-order valence-corrected chi connectivity index (χ3v) is 5.23. The van der Waals surface area contributed by atoms with Crippen LogP contribution in [0.1, 0.15) is 31.7 Å². The fourth-order valence-electron chi connectivity index (χ4n) is 3.28. The molecular weight excluding hydrogens is 428 g/mol. The van der Waals surface area contributed by atoms with Crippen molar-refractivity contribution >= 4 is 5.97 Å². The molecular formula is C29H32O5. The largest absolute Gasteiger partial charge is 0.494 e. The lowest BCUT2D eigenvalue weighted by atomic mass is 10.1. The molecule has 5 heteroatoms. The molecule has 3 rings (SSSR count). The maximum Gasteiger partial charge on any atom is 0.330 e. The van der Waals surface area contributed by atoms with Crippen molar-refractivity contribution in [1.29, 1.82) is 0 Å². The number of benzene rings is 3. The Kier molecular flexibility index (Phi) is 10.1. The van der Waals surface area contributed by atoms with Crippen LogP contribution in [-0.2, 0) is 16.0 Å². The van der Waals surface area contributed by atoms with E-state index >= 15 is 0 Å². The van der Waals surface area contributed by atoms with Crippen LogP contribution in [0, 0.1) is 0 Å². The molecule has 5 nitrogen and oxygen atoms in total. The first-order valence-corrected chi connectivity index (χ1v) is 11.6. The molecule has 0 aliphatic carbocycles. The molecule has 0 fully saturated rings. The van der Waals surface area contributed by atoms with Crippen molar-refractivity contribution in [2.75, 3.05) is 20.0 Å². The Morgan fingerprint density at radius 2 is 1.26 bits per heavy atom. The minimum absolute atomic E-state index is 0.111. The van der Waals surface area contributed by atoms with Crippen LogP contribution in [0.5, 0.6) is 17.2 Å². The lowest BCUT2D eigenvalue weighted by Gasteiger charge is -2.10. The van der Waals surface area contributed by atoms with E-state index in [9.17, 15) is 4.79 Å². The molecule has 0 saturated carbocycles. The summed E-state index contributed by atoms with van der Waals surface area (Å²) in [5.41, 5.74) is 3.29. The van der Waals surface area contributed by atoms with E-state index in [0.29, 0.717) is 18.8 Å². The standard InChI is InChI=1S/C29H32O5/c1-3-5-6-20-31-26-15-9-24(10-16-26)25-11-17-28(18-12-25)34-22-33-27-13-7-23(8-14-27)19-21-32-29(30)4-2/h4,7-18H,2-3,5-6,19-22H2,1H3. The Labute approximate surface area is 201 Å². The molecule has 0 heterocycles. The van der Waals surface area contributed by atoms with Crippen molar-refractivity contribution in [2.45, 2.75) is 32.6 Å². The van der Waals surface area contributed by atoms with Crippen LogP contribution >= 0.6 is 0 Å². The zero-order chi connectivity index (χ0) is 24.0. The third-order valence-electron chi connectivity index (χ3n) is 5.23. The van der Waals surface area contributed by atoms with Crippen molar-refractivity contribution in [3.63, 3.8) is 0 Å². The molecule has 0 N–H and O–H groups in total. The van der Waals surface area contributed by atoms with E-state index in [4.69, 9.17) is 18.9 Å². The van der Waals surface area contributed by atoms with E-state index in [0.717, 1.165) is 47.3 Å². The van der Waals surface area contributed by atoms with Gasteiger partial charge in [-0.05, 0) is 59.5 Å². The molecule has 0 radical (unpaired) electrons. The maximum absolute atomic E-state index is 11.1. The fraction of sp³-hybridized carbons (Fsp3) is 0.276. The van der Waals surface area contributed by atoms with Crippen LogP contribution in [-0.4, -0.2) is 26.0 Å². The van der Waals surface area contributed by atoms with Crippen molar-refractivity contribution in [3.8, 4) is 28.4 Å². The van der Waals surface area contributed by atoms with Gasteiger partial charge in [-0.3, -0.25) is 0 Å². The number of hydrogen-bond donors (Lipinski definition) is 0. The van der Waals surface area contributed by atoms with Gasteiger partial charge in [0.2, 0.25) is 6.79 Å². The summed E-state index contributed by atoms with van der Waals surface area (Å²) in [6.07, 6.45) is 5.27. The normalized spacial score (nSPS) is 10.4. The van der Waals surface area contributed by atoms with Crippen LogP contribution in [0.25, 0.3) is 11.1 Å². The van der Waals surface area contributed by atoms with Crippen LogP contribution in [0.2, 0.25) is 0 Å². The predicted octanol–water partition coefficient (Wildman–Crippen LogP) is 6.61. The topological polar surface area (TPSA) is 54.0 Å². The van der Waals surface area contributed by atoms with E-state index in [1.807, 2.05) is 60.7 Å². The smallest absolute Gasteiger partial charge is 0.330 e. The number of carbonyl (C=O) groups is 1. The average molecular weight is 461 g/mol. The Morgan fingerprint density at radius 3 is 1.79 bits per heavy atom. The summed E-state index contributed by atoms with van der Waals surface area (Å²) in [7, 11) is 0. The molecule has 3 aromatic carbocycles. The quantitative estimate of drug-likeness (QED) is 0.117. The lowest BCUT2D eigenvalue weighted by molar-refractivity contribution is -0.137. The SMILES string of the molecule is C=CC(=O)OCCc1ccc(OCOc2ccc(-c3ccc(OCCCCC)cc3)cc2)cc1. The van der Waals surface area contributed by atoms with Gasteiger partial charge in [-0.2, -0.15) is 0 Å². The molecule has 0 unspecified atom stereocenters. The number of hydrogen-bond acceptors (Lipinski definition) is 5. The van der Waals surface area contributed by atoms with E-state index in [-0.39, 0.29) is 6.79 Å². The second-order valence-electron chi connectivity index (χ2n) is 7.78. The molecule has 3 aromatic rings. The number of esters is 1. The monoisotopic (exact) mass is 460 g/mol. The van der Waals surface area contributed by atoms with E-state index in [1.54, 1.807) is 0 Å². The van der Waals surface area contributed by atoms with Gasteiger partial charge in [0, 0.05) is 12.5 Å². The summed E-state index contributed by atoms with van der Waals surface area (Å²) in [5, 5.41) is 0. The van der Waals surface area contributed by atoms with Gasteiger partial charge in [0.1, 0.15) is 17.2 Å². The third kappa shape index (κ3) is 8.32. The molecule has 0 aliphatic rings. The molecule has 0 aromatic heterocycles. The van der Waals surface area contributed by atoms with Crippen LogP contribution in [0.15, 0.2) is 85.5 Å². The van der Waals surface area contributed by atoms with E-state index < -0.39 is 5.97 Å². The van der Waals surface area contributed by atoms with Crippen molar-refractivity contribution < 1.29 is 23.7 Å². The number of rotatable bonds is 14. The minimum atomic E-state index is -0.411. The minimum Gasteiger partial charge on any atom is -0.494 e. The average Bonchev–Trinajstić information content (AvgIpc) is 2.88. The Bertz CT molecular complexity index is 1010. The van der Waals surface area contributed by atoms with Gasteiger partial charge in [-0.15, -0.1) is 0 Å². The molecule has 0 saturated heterocycles. The Balaban J connectivity index is 1.41. The maximum atomic E-state index is 11.1. The van der Waals surface area contributed by atoms with Gasteiger partial charge >= 0.3 is 5.97 Å². The lowest BCUT2D eigenvalue weighted by Crippen LogP contribution is -2.06. The highest BCUT2D eigenvalue weighted by Gasteiger charge is 2.02. The molecule has 0 bridgehead atoms.